The maximum atomic E-state index is 12.4. The Labute approximate surface area is 163 Å². The molecule has 1 fully saturated rings. The van der Waals surface area contributed by atoms with Gasteiger partial charge in [-0.15, -0.1) is 0 Å². The number of rotatable bonds is 5. The zero-order valence-corrected chi connectivity index (χ0v) is 15.7. The molecule has 1 unspecified atom stereocenters. The number of carbonyl (C=O) groups excluding carboxylic acids is 1. The van der Waals surface area contributed by atoms with Gasteiger partial charge in [-0.05, 0) is 24.5 Å². The van der Waals surface area contributed by atoms with Gasteiger partial charge < -0.3 is 10.2 Å². The van der Waals surface area contributed by atoms with Crippen LogP contribution in [-0.2, 0) is 13.0 Å². The maximum Gasteiger partial charge on any atom is 0.255 e. The van der Waals surface area contributed by atoms with E-state index in [1.807, 2.05) is 6.07 Å². The van der Waals surface area contributed by atoms with Crippen molar-refractivity contribution in [1.29, 1.82) is 0 Å². The maximum absolute atomic E-state index is 12.4. The fourth-order valence-electron chi connectivity index (χ4n) is 4.19. The highest BCUT2D eigenvalue weighted by Gasteiger charge is 2.34. The zero-order chi connectivity index (χ0) is 19.5. The molecular weight excluding hydrogens is 362 g/mol. The number of hydrogen-bond acceptors (Lipinski definition) is 4. The monoisotopic (exact) mass is 386 g/mol. The fraction of sp³-hybridized carbons (Fsp3) is 0.429. The van der Waals surface area contributed by atoms with E-state index in [0.29, 0.717) is 11.6 Å². The Bertz CT molecular complexity index is 830. The van der Waals surface area contributed by atoms with E-state index in [-0.39, 0.29) is 0 Å². The number of hydrogen-bond donors (Lipinski definition) is 1. The molecule has 1 aromatic heterocycles. The van der Waals surface area contributed by atoms with Crippen LogP contribution in [0.4, 0.5) is 14.6 Å². The van der Waals surface area contributed by atoms with Gasteiger partial charge in [0, 0.05) is 49.5 Å². The first kappa shape index (κ1) is 18.8. The molecule has 0 spiro atoms. The average molecular weight is 386 g/mol. The molecule has 4 rings (SSSR count). The van der Waals surface area contributed by atoms with Gasteiger partial charge >= 0.3 is 0 Å². The number of anilines is 1. The Balaban J connectivity index is 1.47. The van der Waals surface area contributed by atoms with Crippen LogP contribution in [-0.4, -0.2) is 54.4 Å². The molecule has 1 amide bonds. The normalized spacial score (nSPS) is 19.2. The SMILES string of the molecule is O=C(NCC(F)F)c1ccnc2c1CCC1CN(Cc3ccccc3)CCN21. The van der Waals surface area contributed by atoms with Gasteiger partial charge in [0.1, 0.15) is 5.82 Å². The highest BCUT2D eigenvalue weighted by atomic mass is 19.3. The summed E-state index contributed by atoms with van der Waals surface area (Å²) in [7, 11) is 0. The number of aromatic nitrogens is 1. The van der Waals surface area contributed by atoms with Crippen LogP contribution in [0.3, 0.4) is 0 Å². The number of nitrogens with zero attached hydrogens (tertiary/aromatic N) is 3. The predicted octanol–water partition coefficient (Wildman–Crippen LogP) is 2.71. The summed E-state index contributed by atoms with van der Waals surface area (Å²) in [6.07, 6.45) is 0.721. The van der Waals surface area contributed by atoms with Crippen LogP contribution in [0.1, 0.15) is 27.9 Å². The number of alkyl halides is 2. The topological polar surface area (TPSA) is 48.5 Å². The lowest BCUT2D eigenvalue weighted by atomic mass is 9.93. The summed E-state index contributed by atoms with van der Waals surface area (Å²) in [5.74, 6) is 0.389. The Hall–Kier alpha value is -2.54. The number of piperazine rings is 1. The minimum atomic E-state index is -2.55. The Morgan fingerprint density at radius 1 is 1.21 bits per heavy atom. The molecule has 0 radical (unpaired) electrons. The van der Waals surface area contributed by atoms with Crippen molar-refractivity contribution in [2.45, 2.75) is 31.9 Å². The smallest absolute Gasteiger partial charge is 0.255 e. The molecule has 2 aromatic rings. The molecule has 1 N–H and O–H groups in total. The third-order valence-corrected chi connectivity index (χ3v) is 5.51. The van der Waals surface area contributed by atoms with Crippen LogP contribution in [0.25, 0.3) is 0 Å². The number of halogens is 2. The summed E-state index contributed by atoms with van der Waals surface area (Å²) in [6, 6.07) is 12.4. The zero-order valence-electron chi connectivity index (χ0n) is 15.7. The van der Waals surface area contributed by atoms with Crippen LogP contribution >= 0.6 is 0 Å². The lowest BCUT2D eigenvalue weighted by molar-refractivity contribution is 0.0890. The molecular formula is C21H24F2N4O. The van der Waals surface area contributed by atoms with E-state index in [1.54, 1.807) is 12.3 Å². The van der Waals surface area contributed by atoms with Crippen molar-refractivity contribution in [2.75, 3.05) is 31.1 Å². The van der Waals surface area contributed by atoms with Crippen molar-refractivity contribution >= 4 is 11.7 Å². The van der Waals surface area contributed by atoms with E-state index in [0.717, 1.165) is 50.4 Å². The van der Waals surface area contributed by atoms with Crippen LogP contribution in [0, 0.1) is 0 Å². The van der Waals surface area contributed by atoms with Crippen molar-refractivity contribution in [3.63, 3.8) is 0 Å². The van der Waals surface area contributed by atoms with Crippen LogP contribution in [0.5, 0.6) is 0 Å². The molecule has 1 aromatic carbocycles. The van der Waals surface area contributed by atoms with Crippen molar-refractivity contribution < 1.29 is 13.6 Å². The average Bonchev–Trinajstić information content (AvgIpc) is 2.72. The van der Waals surface area contributed by atoms with Crippen LogP contribution < -0.4 is 10.2 Å². The summed E-state index contributed by atoms with van der Waals surface area (Å²) < 4.78 is 24.8. The van der Waals surface area contributed by atoms with E-state index in [4.69, 9.17) is 0 Å². The quantitative estimate of drug-likeness (QED) is 0.859. The molecule has 148 valence electrons. The molecule has 0 bridgehead atoms. The predicted molar refractivity (Wildman–Crippen MR) is 104 cm³/mol. The van der Waals surface area contributed by atoms with Crippen molar-refractivity contribution in [3.8, 4) is 0 Å². The second-order valence-electron chi connectivity index (χ2n) is 7.37. The number of nitrogens with one attached hydrogen (secondary N) is 1. The van der Waals surface area contributed by atoms with Gasteiger partial charge in [0.15, 0.2) is 0 Å². The Kier molecular flexibility index (Phi) is 5.52. The first-order valence-electron chi connectivity index (χ1n) is 9.69. The summed E-state index contributed by atoms with van der Waals surface area (Å²) in [6.45, 7) is 3.03. The van der Waals surface area contributed by atoms with Gasteiger partial charge in [-0.2, -0.15) is 0 Å². The second kappa shape index (κ2) is 8.22. The van der Waals surface area contributed by atoms with Gasteiger partial charge in [-0.3, -0.25) is 9.69 Å². The molecule has 1 atom stereocenters. The van der Waals surface area contributed by atoms with E-state index in [2.05, 4.69) is 44.4 Å². The Morgan fingerprint density at radius 3 is 2.82 bits per heavy atom. The third kappa shape index (κ3) is 3.99. The summed E-state index contributed by atoms with van der Waals surface area (Å²) in [4.78, 5) is 21.6. The second-order valence-corrected chi connectivity index (χ2v) is 7.37. The molecule has 0 saturated carbocycles. The molecule has 5 nitrogen and oxygen atoms in total. The third-order valence-electron chi connectivity index (χ3n) is 5.51. The molecule has 2 aliphatic heterocycles. The summed E-state index contributed by atoms with van der Waals surface area (Å²) >= 11 is 0. The molecule has 2 aliphatic rings. The first-order chi connectivity index (χ1) is 13.6. The fourth-order valence-corrected chi connectivity index (χ4v) is 4.19. The van der Waals surface area contributed by atoms with Crippen molar-refractivity contribution in [2.24, 2.45) is 0 Å². The molecule has 28 heavy (non-hydrogen) atoms. The molecule has 0 aliphatic carbocycles. The van der Waals surface area contributed by atoms with Crippen LogP contribution in [0.15, 0.2) is 42.6 Å². The number of pyridine rings is 1. The standard InChI is InChI=1S/C21H24F2N4O/c22-19(23)12-25-21(28)18-8-9-24-20-17(18)7-6-16-14-26(10-11-27(16)20)13-15-4-2-1-3-5-15/h1-5,8-9,16,19H,6-7,10-14H2,(H,25,28). The largest absolute Gasteiger partial charge is 0.351 e. The van der Waals surface area contributed by atoms with E-state index >= 15 is 0 Å². The molecule has 7 heteroatoms. The number of amides is 1. The first-order valence-corrected chi connectivity index (χ1v) is 9.69. The number of benzene rings is 1. The van der Waals surface area contributed by atoms with Gasteiger partial charge in [-0.25, -0.2) is 13.8 Å². The van der Waals surface area contributed by atoms with Crippen molar-refractivity contribution in [3.05, 3.63) is 59.3 Å². The number of carbonyl (C=O) groups is 1. The highest BCUT2D eigenvalue weighted by Crippen LogP contribution is 2.33. The Morgan fingerprint density at radius 2 is 2.04 bits per heavy atom. The summed E-state index contributed by atoms with van der Waals surface area (Å²) in [5.41, 5.74) is 2.65. The van der Waals surface area contributed by atoms with E-state index in [1.165, 1.54) is 5.56 Å². The van der Waals surface area contributed by atoms with E-state index < -0.39 is 18.9 Å². The lowest BCUT2D eigenvalue weighted by Gasteiger charge is -2.45. The van der Waals surface area contributed by atoms with Gasteiger partial charge in [0.05, 0.1) is 6.54 Å². The summed E-state index contributed by atoms with van der Waals surface area (Å²) in [5, 5.41) is 2.31. The highest BCUT2D eigenvalue weighted by molar-refractivity contribution is 5.97. The van der Waals surface area contributed by atoms with Crippen LogP contribution in [0.2, 0.25) is 0 Å². The minimum absolute atomic E-state index is 0.358. The minimum Gasteiger partial charge on any atom is -0.351 e. The molecule has 1 saturated heterocycles. The van der Waals surface area contributed by atoms with E-state index in [9.17, 15) is 13.6 Å². The van der Waals surface area contributed by atoms with Crippen molar-refractivity contribution in [1.82, 2.24) is 15.2 Å². The van der Waals surface area contributed by atoms with Gasteiger partial charge in [0.2, 0.25) is 0 Å². The number of fused-ring (bicyclic) bond motifs is 3. The lowest BCUT2D eigenvalue weighted by Crippen LogP contribution is -2.55. The molecule has 3 heterocycles. The van der Waals surface area contributed by atoms with Gasteiger partial charge in [0.25, 0.3) is 12.3 Å². The van der Waals surface area contributed by atoms with Gasteiger partial charge in [-0.1, -0.05) is 30.3 Å².